The number of pyridine rings is 2. The third-order valence-corrected chi connectivity index (χ3v) is 12.1. The van der Waals surface area contributed by atoms with Gasteiger partial charge in [0.05, 0.1) is 11.0 Å². The van der Waals surface area contributed by atoms with E-state index in [1.807, 2.05) is 24.5 Å². The fraction of sp³-hybridized carbons (Fsp3) is 0. The molecular formula is C56H34N2. The maximum atomic E-state index is 4.91. The lowest BCUT2D eigenvalue weighted by Crippen LogP contribution is -1.94. The molecule has 0 spiro atoms. The van der Waals surface area contributed by atoms with Crippen molar-refractivity contribution in [1.82, 2.24) is 9.97 Å². The molecule has 2 aromatic heterocycles. The van der Waals surface area contributed by atoms with E-state index in [1.54, 1.807) is 0 Å². The highest BCUT2D eigenvalue weighted by molar-refractivity contribution is 6.27. The van der Waals surface area contributed by atoms with Crippen molar-refractivity contribution >= 4 is 75.7 Å². The molecule has 2 nitrogen and oxygen atoms in total. The van der Waals surface area contributed by atoms with Gasteiger partial charge < -0.3 is 0 Å². The minimum Gasteiger partial charge on any atom is -0.256 e. The van der Waals surface area contributed by atoms with Crippen LogP contribution < -0.4 is 0 Å². The van der Waals surface area contributed by atoms with Crippen LogP contribution in [0, 0.1) is 0 Å². The second kappa shape index (κ2) is 12.9. The zero-order valence-corrected chi connectivity index (χ0v) is 31.5. The lowest BCUT2D eigenvalue weighted by molar-refractivity contribution is 1.41. The van der Waals surface area contributed by atoms with Crippen LogP contribution in [0.4, 0.5) is 0 Å². The van der Waals surface area contributed by atoms with E-state index in [2.05, 4.69) is 182 Å². The highest BCUT2D eigenvalue weighted by Gasteiger charge is 2.21. The predicted molar refractivity (Wildman–Crippen MR) is 246 cm³/mol. The molecule has 0 bridgehead atoms. The Labute approximate surface area is 335 Å². The van der Waals surface area contributed by atoms with Crippen molar-refractivity contribution < 1.29 is 0 Å². The van der Waals surface area contributed by atoms with Gasteiger partial charge in [0, 0.05) is 34.3 Å². The van der Waals surface area contributed by atoms with E-state index in [4.69, 9.17) is 9.97 Å². The molecule has 2 heterocycles. The molecule has 2 heteroatoms. The fourth-order valence-electron chi connectivity index (χ4n) is 9.62. The van der Waals surface area contributed by atoms with E-state index in [1.165, 1.54) is 87.2 Å². The number of para-hydroxylation sites is 2. The fourth-order valence-corrected chi connectivity index (χ4v) is 9.62. The third-order valence-electron chi connectivity index (χ3n) is 12.1. The van der Waals surface area contributed by atoms with Crippen LogP contribution in [0.3, 0.4) is 0 Å². The Kier molecular flexibility index (Phi) is 7.26. The van der Waals surface area contributed by atoms with Gasteiger partial charge in [-0.2, -0.15) is 0 Å². The number of hydrogen-bond acceptors (Lipinski definition) is 2. The molecule has 0 saturated carbocycles. The lowest BCUT2D eigenvalue weighted by Gasteiger charge is -2.21. The summed E-state index contributed by atoms with van der Waals surface area (Å²) in [6, 6.07) is 70.6. The molecule has 0 fully saturated rings. The highest BCUT2D eigenvalue weighted by Crippen LogP contribution is 2.49. The molecule has 0 aliphatic carbocycles. The van der Waals surface area contributed by atoms with Crippen LogP contribution in [-0.2, 0) is 0 Å². The summed E-state index contributed by atoms with van der Waals surface area (Å²) in [5.41, 5.74) is 11.6. The number of fused-ring (bicyclic) bond motifs is 7. The van der Waals surface area contributed by atoms with Gasteiger partial charge in [0.25, 0.3) is 0 Å². The van der Waals surface area contributed by atoms with Gasteiger partial charge in [-0.05, 0) is 112 Å². The summed E-state index contributed by atoms with van der Waals surface area (Å²) in [6.07, 6.45) is 4.08. The van der Waals surface area contributed by atoms with E-state index >= 15 is 0 Å². The van der Waals surface area contributed by atoms with E-state index < -0.39 is 0 Å². The Morgan fingerprint density at radius 2 is 0.534 bits per heavy atom. The Morgan fingerprint density at radius 1 is 0.241 bits per heavy atom. The normalized spacial score (nSPS) is 11.8. The van der Waals surface area contributed by atoms with Crippen molar-refractivity contribution in [2.75, 3.05) is 0 Å². The first-order valence-corrected chi connectivity index (χ1v) is 19.9. The zero-order chi connectivity index (χ0) is 38.2. The molecule has 0 N–H and O–H groups in total. The van der Waals surface area contributed by atoms with Crippen LogP contribution in [0.15, 0.2) is 207 Å². The van der Waals surface area contributed by atoms with Crippen LogP contribution in [-0.4, -0.2) is 9.97 Å². The van der Waals surface area contributed by atoms with Crippen molar-refractivity contribution in [3.63, 3.8) is 0 Å². The van der Waals surface area contributed by atoms with Gasteiger partial charge in [-0.1, -0.05) is 170 Å². The molecule has 0 radical (unpaired) electrons. The van der Waals surface area contributed by atoms with E-state index in [-0.39, 0.29) is 0 Å². The second-order valence-electron chi connectivity index (χ2n) is 15.2. The van der Waals surface area contributed by atoms with Crippen LogP contribution in [0.5, 0.6) is 0 Å². The molecule has 0 amide bonds. The van der Waals surface area contributed by atoms with Gasteiger partial charge in [0.2, 0.25) is 0 Å². The van der Waals surface area contributed by atoms with Crippen LogP contribution in [0.2, 0.25) is 0 Å². The van der Waals surface area contributed by atoms with E-state index in [0.717, 1.165) is 32.9 Å². The van der Waals surface area contributed by atoms with Gasteiger partial charge >= 0.3 is 0 Å². The van der Waals surface area contributed by atoms with Crippen molar-refractivity contribution in [2.45, 2.75) is 0 Å². The summed E-state index contributed by atoms with van der Waals surface area (Å²) in [6.45, 7) is 0. The first kappa shape index (κ1) is 32.6. The molecule has 12 aromatic rings. The molecule has 0 atom stereocenters. The minimum absolute atomic E-state index is 1.00. The van der Waals surface area contributed by atoms with Gasteiger partial charge in [-0.25, -0.2) is 0 Å². The van der Waals surface area contributed by atoms with Gasteiger partial charge in [0.1, 0.15) is 0 Å². The SMILES string of the molecule is c1ccc2ncc(-c3c4ccccc4c(-c4cccc5c(-c6c7ccccc7c(-c7cnc8ccccc8c7)c7ccccc67)cccc45)c4ccccc34)cc2c1. The molecule has 12 rings (SSSR count). The van der Waals surface area contributed by atoms with Gasteiger partial charge in [0.15, 0.2) is 0 Å². The number of benzene rings is 10. The van der Waals surface area contributed by atoms with Crippen LogP contribution >= 0.6 is 0 Å². The minimum atomic E-state index is 1.00. The van der Waals surface area contributed by atoms with Crippen molar-refractivity contribution in [3.05, 3.63) is 207 Å². The van der Waals surface area contributed by atoms with Crippen molar-refractivity contribution in [1.29, 1.82) is 0 Å². The first-order chi connectivity index (χ1) is 28.8. The standard InChI is InChI=1S/C56H34N2/c1-11-29-51-35(15-1)31-37(33-57-51)53-43-17-3-7-21-47(43)55(48-22-8-4-18-44(48)53)41-27-13-26-40-39(41)25-14-28-42(40)56-49-23-9-5-19-45(49)54(46-20-6-10-24-50(46)56)38-32-36-16-2-12-30-52(36)58-34-38/h1-34H. The topological polar surface area (TPSA) is 25.8 Å². The zero-order valence-electron chi connectivity index (χ0n) is 31.5. The molecule has 0 aliphatic rings. The summed E-state index contributed by atoms with van der Waals surface area (Å²) in [5.74, 6) is 0. The van der Waals surface area contributed by atoms with E-state index in [9.17, 15) is 0 Å². The number of rotatable bonds is 4. The quantitative estimate of drug-likeness (QED) is 0.168. The molecule has 0 aliphatic heterocycles. The van der Waals surface area contributed by atoms with Gasteiger partial charge in [-0.15, -0.1) is 0 Å². The summed E-state index contributed by atoms with van der Waals surface area (Å²) in [7, 11) is 0. The van der Waals surface area contributed by atoms with Crippen LogP contribution in [0.1, 0.15) is 0 Å². The maximum absolute atomic E-state index is 4.91. The highest BCUT2D eigenvalue weighted by atomic mass is 14.7. The molecule has 10 aromatic carbocycles. The Balaban J connectivity index is 1.13. The Morgan fingerprint density at radius 3 is 0.897 bits per heavy atom. The summed E-state index contributed by atoms with van der Waals surface area (Å²) < 4.78 is 0. The Bertz CT molecular complexity index is 3280. The largest absolute Gasteiger partial charge is 0.256 e. The third kappa shape index (κ3) is 4.92. The number of nitrogens with zero attached hydrogens (tertiary/aromatic N) is 2. The molecule has 268 valence electrons. The monoisotopic (exact) mass is 734 g/mol. The summed E-state index contributed by atoms with van der Waals surface area (Å²) in [5, 5.41) is 14.5. The Hall–Kier alpha value is -7.68. The molecule has 0 saturated heterocycles. The van der Waals surface area contributed by atoms with Crippen molar-refractivity contribution in [3.8, 4) is 44.5 Å². The molecule has 58 heavy (non-hydrogen) atoms. The molecular weight excluding hydrogens is 701 g/mol. The lowest BCUT2D eigenvalue weighted by atomic mass is 9.82. The van der Waals surface area contributed by atoms with Gasteiger partial charge in [-0.3, -0.25) is 9.97 Å². The summed E-state index contributed by atoms with van der Waals surface area (Å²) in [4.78, 5) is 9.81. The predicted octanol–water partition coefficient (Wildman–Crippen LogP) is 15.2. The smallest absolute Gasteiger partial charge is 0.0702 e. The number of hydrogen-bond donors (Lipinski definition) is 0. The van der Waals surface area contributed by atoms with Crippen LogP contribution in [0.25, 0.3) is 120 Å². The van der Waals surface area contributed by atoms with E-state index in [0.29, 0.717) is 0 Å². The second-order valence-corrected chi connectivity index (χ2v) is 15.2. The molecule has 0 unspecified atom stereocenters. The maximum Gasteiger partial charge on any atom is 0.0702 e. The first-order valence-electron chi connectivity index (χ1n) is 19.9. The average Bonchev–Trinajstić information content (AvgIpc) is 3.29. The average molecular weight is 735 g/mol. The summed E-state index contributed by atoms with van der Waals surface area (Å²) >= 11 is 0. The van der Waals surface area contributed by atoms with Crippen molar-refractivity contribution in [2.24, 2.45) is 0 Å². The number of aromatic nitrogens is 2.